The van der Waals surface area contributed by atoms with E-state index in [1.165, 1.54) is 0 Å². The SMILES string of the molecule is CCN=C1N=C(C(C)C)N(NCC(N)CC)C(N)N1. The van der Waals surface area contributed by atoms with Crippen molar-refractivity contribution < 1.29 is 0 Å². The maximum Gasteiger partial charge on any atom is 0.222 e. The van der Waals surface area contributed by atoms with Gasteiger partial charge in [0.15, 0.2) is 6.29 Å². The zero-order valence-electron chi connectivity index (χ0n) is 12.3. The molecule has 7 heteroatoms. The molecule has 0 aromatic rings. The van der Waals surface area contributed by atoms with Crippen molar-refractivity contribution in [3.05, 3.63) is 0 Å². The summed E-state index contributed by atoms with van der Waals surface area (Å²) in [6.07, 6.45) is 0.532. The molecule has 0 aromatic heterocycles. The first-order valence-electron chi connectivity index (χ1n) is 6.93. The Morgan fingerprint density at radius 2 is 2.16 bits per heavy atom. The van der Waals surface area contributed by atoms with E-state index in [4.69, 9.17) is 11.5 Å². The highest BCUT2D eigenvalue weighted by Crippen LogP contribution is 2.08. The van der Waals surface area contributed by atoms with Gasteiger partial charge in [0.2, 0.25) is 5.96 Å². The van der Waals surface area contributed by atoms with E-state index in [9.17, 15) is 0 Å². The smallest absolute Gasteiger partial charge is 0.222 e. The molecule has 19 heavy (non-hydrogen) atoms. The maximum atomic E-state index is 6.11. The van der Waals surface area contributed by atoms with Crippen LogP contribution in [0.5, 0.6) is 0 Å². The van der Waals surface area contributed by atoms with E-state index in [1.807, 2.05) is 11.9 Å². The first-order valence-corrected chi connectivity index (χ1v) is 6.93. The van der Waals surface area contributed by atoms with Crippen molar-refractivity contribution in [3.63, 3.8) is 0 Å². The Morgan fingerprint density at radius 3 is 2.68 bits per heavy atom. The van der Waals surface area contributed by atoms with Crippen LogP contribution in [0.25, 0.3) is 0 Å². The third kappa shape index (κ3) is 4.45. The van der Waals surface area contributed by atoms with Gasteiger partial charge in [0.1, 0.15) is 5.84 Å². The average molecular weight is 269 g/mol. The quantitative estimate of drug-likeness (QED) is 0.535. The summed E-state index contributed by atoms with van der Waals surface area (Å²) in [7, 11) is 0. The third-order valence-electron chi connectivity index (χ3n) is 2.89. The van der Waals surface area contributed by atoms with Gasteiger partial charge in [0, 0.05) is 25.0 Å². The summed E-state index contributed by atoms with van der Waals surface area (Å²) in [5.41, 5.74) is 15.3. The van der Waals surface area contributed by atoms with Crippen molar-refractivity contribution in [2.24, 2.45) is 27.4 Å². The van der Waals surface area contributed by atoms with Gasteiger partial charge >= 0.3 is 0 Å². The fraction of sp³-hybridized carbons (Fsp3) is 0.833. The predicted molar refractivity (Wildman–Crippen MR) is 79.5 cm³/mol. The number of amidine groups is 1. The van der Waals surface area contributed by atoms with E-state index < -0.39 is 0 Å². The number of rotatable bonds is 6. The molecule has 110 valence electrons. The van der Waals surface area contributed by atoms with Gasteiger partial charge in [0.25, 0.3) is 0 Å². The molecule has 0 amide bonds. The molecule has 2 unspecified atom stereocenters. The first-order chi connectivity index (χ1) is 8.99. The molecule has 0 aliphatic carbocycles. The van der Waals surface area contributed by atoms with Gasteiger partial charge in [-0.2, -0.15) is 4.99 Å². The molecule has 0 radical (unpaired) electrons. The molecule has 0 bridgehead atoms. The van der Waals surface area contributed by atoms with Crippen molar-refractivity contribution in [1.29, 1.82) is 0 Å². The Hall–Kier alpha value is -1.18. The molecule has 0 saturated carbocycles. The van der Waals surface area contributed by atoms with Gasteiger partial charge in [-0.25, -0.2) is 5.43 Å². The van der Waals surface area contributed by atoms with E-state index in [0.717, 1.165) is 12.3 Å². The molecule has 2 atom stereocenters. The largest absolute Gasteiger partial charge is 0.326 e. The monoisotopic (exact) mass is 269 g/mol. The standard InChI is InChI=1S/C12H27N7/c1-5-9(13)7-16-19-10(8(3)4)17-12(15-6-2)18-11(19)14/h8-9,11,16H,5-7,13-14H2,1-4H3,(H,15,18). The number of hydrogen-bond acceptors (Lipinski definition) is 5. The summed E-state index contributed by atoms with van der Waals surface area (Å²) in [4.78, 5) is 8.78. The molecule has 0 fully saturated rings. The number of hydrogen-bond donors (Lipinski definition) is 4. The molecule has 1 heterocycles. The van der Waals surface area contributed by atoms with Crippen molar-refractivity contribution in [1.82, 2.24) is 15.8 Å². The fourth-order valence-electron chi connectivity index (χ4n) is 1.71. The van der Waals surface area contributed by atoms with Crippen molar-refractivity contribution >= 4 is 11.8 Å². The second-order valence-electron chi connectivity index (χ2n) is 4.91. The highest BCUT2D eigenvalue weighted by Gasteiger charge is 2.27. The van der Waals surface area contributed by atoms with Crippen LogP contribution in [0, 0.1) is 5.92 Å². The van der Waals surface area contributed by atoms with E-state index in [1.54, 1.807) is 0 Å². The third-order valence-corrected chi connectivity index (χ3v) is 2.89. The van der Waals surface area contributed by atoms with Crippen LogP contribution in [0.3, 0.4) is 0 Å². The minimum Gasteiger partial charge on any atom is -0.326 e. The Morgan fingerprint density at radius 1 is 1.47 bits per heavy atom. The number of nitrogens with one attached hydrogen (secondary N) is 2. The summed E-state index contributed by atoms with van der Waals surface area (Å²) in [6.45, 7) is 9.53. The molecule has 1 aliphatic rings. The molecule has 7 nitrogen and oxygen atoms in total. The minimum atomic E-state index is -0.385. The van der Waals surface area contributed by atoms with Gasteiger partial charge in [-0.05, 0) is 13.3 Å². The summed E-state index contributed by atoms with van der Waals surface area (Å²) in [6, 6.07) is 0.103. The average Bonchev–Trinajstić information content (AvgIpc) is 2.36. The van der Waals surface area contributed by atoms with E-state index >= 15 is 0 Å². The summed E-state index contributed by atoms with van der Waals surface area (Å²) < 4.78 is 0. The normalized spacial score (nSPS) is 23.5. The van der Waals surface area contributed by atoms with E-state index in [0.29, 0.717) is 19.0 Å². The van der Waals surface area contributed by atoms with Crippen molar-refractivity contribution in [3.8, 4) is 0 Å². The van der Waals surface area contributed by atoms with Gasteiger partial charge < -0.3 is 11.1 Å². The van der Waals surface area contributed by atoms with Crippen LogP contribution in [0.2, 0.25) is 0 Å². The highest BCUT2D eigenvalue weighted by atomic mass is 15.6. The number of guanidine groups is 1. The lowest BCUT2D eigenvalue weighted by molar-refractivity contribution is 0.196. The van der Waals surface area contributed by atoms with Gasteiger partial charge in [-0.1, -0.05) is 20.8 Å². The number of aliphatic imine (C=N–C) groups is 2. The van der Waals surface area contributed by atoms with Crippen LogP contribution >= 0.6 is 0 Å². The number of nitrogens with two attached hydrogens (primary N) is 2. The summed E-state index contributed by atoms with van der Waals surface area (Å²) >= 11 is 0. The topological polar surface area (TPSA) is 104 Å². The zero-order chi connectivity index (χ0) is 14.4. The van der Waals surface area contributed by atoms with Crippen LogP contribution in [-0.4, -0.2) is 42.2 Å². The fourth-order valence-corrected chi connectivity index (χ4v) is 1.71. The van der Waals surface area contributed by atoms with Gasteiger partial charge in [-0.15, -0.1) is 0 Å². The molecule has 1 aliphatic heterocycles. The Bertz CT molecular complexity index is 337. The lowest BCUT2D eigenvalue weighted by Crippen LogP contribution is -2.66. The zero-order valence-corrected chi connectivity index (χ0v) is 12.3. The Balaban J connectivity index is 2.83. The summed E-state index contributed by atoms with van der Waals surface area (Å²) in [5.74, 6) is 1.72. The molecule has 0 aromatic carbocycles. The predicted octanol–water partition coefficient (Wildman–Crippen LogP) is -0.194. The first kappa shape index (κ1) is 15.9. The van der Waals surface area contributed by atoms with Crippen LogP contribution in [-0.2, 0) is 0 Å². The van der Waals surface area contributed by atoms with E-state index in [2.05, 4.69) is 41.5 Å². The molecule has 1 rings (SSSR count). The molecule has 0 saturated heterocycles. The van der Waals surface area contributed by atoms with Crippen molar-refractivity contribution in [2.45, 2.75) is 46.4 Å². The molecular weight excluding hydrogens is 242 g/mol. The van der Waals surface area contributed by atoms with Crippen LogP contribution in [0.1, 0.15) is 34.1 Å². The number of nitrogens with zero attached hydrogens (tertiary/aromatic N) is 3. The van der Waals surface area contributed by atoms with Crippen LogP contribution < -0.4 is 22.2 Å². The Labute approximate surface area is 115 Å². The Kier molecular flexibility index (Phi) is 6.20. The van der Waals surface area contributed by atoms with Crippen LogP contribution in [0.15, 0.2) is 9.98 Å². The second kappa shape index (κ2) is 7.42. The highest BCUT2D eigenvalue weighted by molar-refractivity contribution is 5.98. The van der Waals surface area contributed by atoms with Gasteiger partial charge in [-0.3, -0.25) is 15.7 Å². The second-order valence-corrected chi connectivity index (χ2v) is 4.91. The van der Waals surface area contributed by atoms with E-state index in [-0.39, 0.29) is 18.2 Å². The summed E-state index contributed by atoms with van der Waals surface area (Å²) in [5, 5.41) is 4.90. The van der Waals surface area contributed by atoms with Gasteiger partial charge in [0.05, 0.1) is 0 Å². The number of hydrazine groups is 1. The minimum absolute atomic E-state index is 0.103. The molecule has 0 spiro atoms. The van der Waals surface area contributed by atoms with Crippen LogP contribution in [0.4, 0.5) is 0 Å². The maximum absolute atomic E-state index is 6.11. The lowest BCUT2D eigenvalue weighted by Gasteiger charge is -2.38. The molecular formula is C12H27N7. The molecule has 6 N–H and O–H groups in total. The lowest BCUT2D eigenvalue weighted by atomic mass is 10.2. The van der Waals surface area contributed by atoms with Crippen molar-refractivity contribution in [2.75, 3.05) is 13.1 Å².